The highest BCUT2D eigenvalue weighted by Gasteiger charge is 2.09. The molecule has 0 atom stereocenters. The molecule has 1 aromatic rings. The van der Waals surface area contributed by atoms with Crippen LogP contribution in [0.2, 0.25) is 0 Å². The molecule has 1 aliphatic rings. The second-order valence-corrected chi connectivity index (χ2v) is 4.83. The number of aromatic nitrogens is 1. The van der Waals surface area contributed by atoms with Gasteiger partial charge in [-0.05, 0) is 25.7 Å². The molecule has 112 valence electrons. The topological polar surface area (TPSA) is 53.7 Å². The van der Waals surface area contributed by atoms with Crippen molar-refractivity contribution in [3.63, 3.8) is 0 Å². The van der Waals surface area contributed by atoms with E-state index in [1.807, 2.05) is 18.0 Å². The van der Waals surface area contributed by atoms with E-state index in [0.29, 0.717) is 6.54 Å². The summed E-state index contributed by atoms with van der Waals surface area (Å²) in [6, 6.07) is 1.87. The maximum Gasteiger partial charge on any atom is 0.193 e. The summed E-state index contributed by atoms with van der Waals surface area (Å²) in [5.74, 6) is 0.890. The van der Waals surface area contributed by atoms with E-state index in [4.69, 9.17) is 4.52 Å². The quantitative estimate of drug-likeness (QED) is 0.364. The van der Waals surface area contributed by atoms with Crippen molar-refractivity contribution < 1.29 is 4.52 Å². The molecule has 0 fully saturated rings. The molecule has 20 heavy (non-hydrogen) atoms. The summed E-state index contributed by atoms with van der Waals surface area (Å²) < 4.78 is 4.83. The second kappa shape index (κ2) is 8.99. The summed E-state index contributed by atoms with van der Waals surface area (Å²) in [6.45, 7) is 1.63. The summed E-state index contributed by atoms with van der Waals surface area (Å²) in [6.07, 6.45) is 8.88. The largest absolute Gasteiger partial charge is 0.364 e. The Labute approximate surface area is 137 Å². The van der Waals surface area contributed by atoms with Crippen molar-refractivity contribution in [1.29, 1.82) is 0 Å². The fourth-order valence-corrected chi connectivity index (χ4v) is 2.32. The smallest absolute Gasteiger partial charge is 0.193 e. The molecule has 1 heterocycles. The van der Waals surface area contributed by atoms with Gasteiger partial charge in [-0.3, -0.25) is 4.99 Å². The van der Waals surface area contributed by atoms with Crippen molar-refractivity contribution in [2.45, 2.75) is 32.2 Å². The first-order chi connectivity index (χ1) is 9.29. The molecule has 0 aliphatic heterocycles. The number of guanidine groups is 1. The third kappa shape index (κ3) is 5.15. The summed E-state index contributed by atoms with van der Waals surface area (Å²) in [5.41, 5.74) is 2.48. The lowest BCUT2D eigenvalue weighted by atomic mass is 10.2. The van der Waals surface area contributed by atoms with Gasteiger partial charge in [0.15, 0.2) is 5.96 Å². The van der Waals surface area contributed by atoms with Crippen LogP contribution in [0.25, 0.3) is 0 Å². The van der Waals surface area contributed by atoms with E-state index >= 15 is 0 Å². The summed E-state index contributed by atoms with van der Waals surface area (Å²) in [4.78, 5) is 6.33. The molecule has 1 aliphatic carbocycles. The Morgan fingerprint density at radius 1 is 1.55 bits per heavy atom. The first-order valence-corrected chi connectivity index (χ1v) is 6.78. The van der Waals surface area contributed by atoms with Gasteiger partial charge in [-0.1, -0.05) is 16.8 Å². The van der Waals surface area contributed by atoms with Crippen LogP contribution in [-0.4, -0.2) is 36.7 Å². The third-order valence-electron chi connectivity index (χ3n) is 3.33. The Balaban J connectivity index is 0.00000200. The van der Waals surface area contributed by atoms with Crippen LogP contribution >= 0.6 is 24.0 Å². The molecule has 5 nitrogen and oxygen atoms in total. The van der Waals surface area contributed by atoms with Gasteiger partial charge in [0, 0.05) is 26.7 Å². The number of hydrogen-bond acceptors (Lipinski definition) is 3. The van der Waals surface area contributed by atoms with Crippen molar-refractivity contribution in [2.75, 3.05) is 20.6 Å². The van der Waals surface area contributed by atoms with Crippen molar-refractivity contribution in [3.05, 3.63) is 29.7 Å². The fourth-order valence-electron chi connectivity index (χ4n) is 2.32. The Kier molecular flexibility index (Phi) is 7.64. The SMILES string of the molecule is CN=C(NCCC1=CCCC1)N(C)Cc1ccon1.I. The highest BCUT2D eigenvalue weighted by Crippen LogP contribution is 2.19. The van der Waals surface area contributed by atoms with E-state index in [9.17, 15) is 0 Å². The van der Waals surface area contributed by atoms with Crippen LogP contribution in [0.15, 0.2) is 33.5 Å². The van der Waals surface area contributed by atoms with E-state index in [-0.39, 0.29) is 24.0 Å². The highest BCUT2D eigenvalue weighted by molar-refractivity contribution is 14.0. The molecule has 0 saturated carbocycles. The van der Waals surface area contributed by atoms with E-state index in [1.54, 1.807) is 18.9 Å². The standard InChI is InChI=1S/C14H22N4O.HI/c1-15-14(16-9-7-12-5-3-4-6-12)18(2)11-13-8-10-19-17-13;/h5,8,10H,3-4,6-7,9,11H2,1-2H3,(H,15,16);1H. The Bertz CT molecular complexity index is 442. The molecule has 0 bridgehead atoms. The molecule has 0 radical (unpaired) electrons. The zero-order valence-corrected chi connectivity index (χ0v) is 14.5. The van der Waals surface area contributed by atoms with Crippen LogP contribution in [0.5, 0.6) is 0 Å². The van der Waals surface area contributed by atoms with Crippen LogP contribution in [0, 0.1) is 0 Å². The molecule has 0 aromatic carbocycles. The molecule has 0 saturated heterocycles. The maximum absolute atomic E-state index is 4.83. The van der Waals surface area contributed by atoms with Gasteiger partial charge in [-0.15, -0.1) is 24.0 Å². The molecule has 6 heteroatoms. The van der Waals surface area contributed by atoms with Gasteiger partial charge in [0.1, 0.15) is 12.0 Å². The first kappa shape index (κ1) is 17.0. The van der Waals surface area contributed by atoms with E-state index < -0.39 is 0 Å². The van der Waals surface area contributed by atoms with Gasteiger partial charge in [-0.25, -0.2) is 0 Å². The highest BCUT2D eigenvalue weighted by atomic mass is 127. The lowest BCUT2D eigenvalue weighted by Gasteiger charge is -2.21. The predicted octanol–water partition coefficient (Wildman–Crippen LogP) is 2.80. The number of halogens is 1. The third-order valence-corrected chi connectivity index (χ3v) is 3.33. The molecule has 0 unspecified atom stereocenters. The maximum atomic E-state index is 4.83. The van der Waals surface area contributed by atoms with Crippen molar-refractivity contribution in [3.8, 4) is 0 Å². The number of hydrogen-bond donors (Lipinski definition) is 1. The predicted molar refractivity (Wildman–Crippen MR) is 91.3 cm³/mol. The minimum absolute atomic E-state index is 0. The molecule has 0 amide bonds. The van der Waals surface area contributed by atoms with Crippen LogP contribution < -0.4 is 5.32 Å². The second-order valence-electron chi connectivity index (χ2n) is 4.83. The summed E-state index contributed by atoms with van der Waals surface area (Å²) >= 11 is 0. The van der Waals surface area contributed by atoms with Crippen molar-refractivity contribution in [1.82, 2.24) is 15.4 Å². The molecule has 1 N–H and O–H groups in total. The average Bonchev–Trinajstić information content (AvgIpc) is 3.07. The van der Waals surface area contributed by atoms with E-state index in [0.717, 1.165) is 24.6 Å². The van der Waals surface area contributed by atoms with Gasteiger partial charge in [0.25, 0.3) is 0 Å². The van der Waals surface area contributed by atoms with Crippen molar-refractivity contribution in [2.24, 2.45) is 4.99 Å². The monoisotopic (exact) mass is 390 g/mol. The number of rotatable bonds is 5. The van der Waals surface area contributed by atoms with Crippen LogP contribution in [0.4, 0.5) is 0 Å². The Morgan fingerprint density at radius 3 is 3.00 bits per heavy atom. The lowest BCUT2D eigenvalue weighted by molar-refractivity contribution is 0.391. The minimum Gasteiger partial charge on any atom is -0.364 e. The molecule has 1 aromatic heterocycles. The zero-order chi connectivity index (χ0) is 13.5. The molecule has 2 rings (SSSR count). The number of allylic oxidation sites excluding steroid dienone is 1. The molecular weight excluding hydrogens is 367 g/mol. The number of nitrogens with one attached hydrogen (secondary N) is 1. The van der Waals surface area contributed by atoms with E-state index in [2.05, 4.69) is 21.5 Å². The van der Waals surface area contributed by atoms with Gasteiger partial charge in [0.2, 0.25) is 0 Å². The van der Waals surface area contributed by atoms with Crippen LogP contribution in [0.1, 0.15) is 31.4 Å². The van der Waals surface area contributed by atoms with Crippen LogP contribution in [0.3, 0.4) is 0 Å². The summed E-state index contributed by atoms with van der Waals surface area (Å²) in [5, 5.41) is 7.29. The zero-order valence-electron chi connectivity index (χ0n) is 12.1. The van der Waals surface area contributed by atoms with Crippen molar-refractivity contribution >= 4 is 29.9 Å². The average molecular weight is 390 g/mol. The molecule has 0 spiro atoms. The van der Waals surface area contributed by atoms with Gasteiger partial charge in [0.05, 0.1) is 6.54 Å². The molecular formula is C14H23IN4O. The van der Waals surface area contributed by atoms with Gasteiger partial charge < -0.3 is 14.7 Å². The van der Waals surface area contributed by atoms with Gasteiger partial charge in [-0.2, -0.15) is 0 Å². The fraction of sp³-hybridized carbons (Fsp3) is 0.571. The number of aliphatic imine (C=N–C) groups is 1. The first-order valence-electron chi connectivity index (χ1n) is 6.78. The Morgan fingerprint density at radius 2 is 2.40 bits per heavy atom. The van der Waals surface area contributed by atoms with Gasteiger partial charge >= 0.3 is 0 Å². The normalized spacial score (nSPS) is 14.7. The Hall–Kier alpha value is -1.05. The summed E-state index contributed by atoms with van der Waals surface area (Å²) in [7, 11) is 3.80. The van der Waals surface area contributed by atoms with Crippen LogP contribution in [-0.2, 0) is 6.54 Å². The lowest BCUT2D eigenvalue weighted by Crippen LogP contribution is -2.39. The minimum atomic E-state index is 0. The van der Waals surface area contributed by atoms with E-state index in [1.165, 1.54) is 19.3 Å². The number of nitrogens with zero attached hydrogens (tertiary/aromatic N) is 3.